The first-order chi connectivity index (χ1) is 16.8. The van der Waals surface area contributed by atoms with Gasteiger partial charge in [-0.1, -0.05) is 53.1 Å². The summed E-state index contributed by atoms with van der Waals surface area (Å²) in [6, 6.07) is 19.5. The zero-order valence-corrected chi connectivity index (χ0v) is 21.6. The SMILES string of the molecule is Cc1cc(C)cc(C(=O)NCCn2cc(SCC(=O)Nc3ccc(C)c(Cl)c3)c3ccccc32)c1. The molecule has 0 aliphatic heterocycles. The minimum Gasteiger partial charge on any atom is -0.350 e. The van der Waals surface area contributed by atoms with E-state index in [4.69, 9.17) is 11.6 Å². The van der Waals surface area contributed by atoms with E-state index in [1.54, 1.807) is 6.07 Å². The molecule has 1 heterocycles. The fraction of sp³-hybridized carbons (Fsp3) is 0.214. The van der Waals surface area contributed by atoms with E-state index < -0.39 is 0 Å². The number of aromatic nitrogens is 1. The number of hydrogen-bond donors (Lipinski definition) is 2. The Morgan fingerprint density at radius 1 is 0.971 bits per heavy atom. The van der Waals surface area contributed by atoms with Crippen molar-refractivity contribution in [3.63, 3.8) is 0 Å². The Morgan fingerprint density at radius 2 is 1.71 bits per heavy atom. The molecular formula is C28H28ClN3O2S. The molecule has 0 aliphatic carbocycles. The van der Waals surface area contributed by atoms with Crippen LogP contribution in [0, 0.1) is 20.8 Å². The van der Waals surface area contributed by atoms with E-state index in [0.717, 1.165) is 32.5 Å². The van der Waals surface area contributed by atoms with Gasteiger partial charge in [0.1, 0.15) is 0 Å². The molecule has 0 bridgehead atoms. The van der Waals surface area contributed by atoms with E-state index in [0.29, 0.717) is 29.4 Å². The first kappa shape index (κ1) is 24.9. The molecule has 4 rings (SSSR count). The lowest BCUT2D eigenvalue weighted by molar-refractivity contribution is -0.113. The van der Waals surface area contributed by atoms with Crippen molar-refractivity contribution in [2.24, 2.45) is 0 Å². The first-order valence-corrected chi connectivity index (χ1v) is 12.8. The smallest absolute Gasteiger partial charge is 0.251 e. The molecule has 0 spiro atoms. The molecule has 180 valence electrons. The van der Waals surface area contributed by atoms with Gasteiger partial charge in [-0.05, 0) is 56.7 Å². The number of nitrogens with zero attached hydrogens (tertiary/aromatic N) is 1. The maximum Gasteiger partial charge on any atom is 0.251 e. The largest absolute Gasteiger partial charge is 0.350 e. The number of nitrogens with one attached hydrogen (secondary N) is 2. The molecule has 5 nitrogen and oxygen atoms in total. The quantitative estimate of drug-likeness (QED) is 0.273. The number of aryl methyl sites for hydroxylation is 3. The molecule has 1 aromatic heterocycles. The maximum atomic E-state index is 12.6. The number of fused-ring (bicyclic) bond motifs is 1. The van der Waals surface area contributed by atoms with Crippen LogP contribution in [0.1, 0.15) is 27.0 Å². The molecule has 7 heteroatoms. The number of para-hydroxylation sites is 1. The Kier molecular flexibility index (Phi) is 7.83. The standard InChI is InChI=1S/C28H28ClN3O2S/c1-18-12-19(2)14-21(13-18)28(34)30-10-11-32-16-26(23-6-4-5-7-25(23)32)35-17-27(33)31-22-9-8-20(3)24(29)15-22/h4-9,12-16H,10-11,17H2,1-3H3,(H,30,34)(H,31,33). The summed E-state index contributed by atoms with van der Waals surface area (Å²) >= 11 is 7.65. The van der Waals surface area contributed by atoms with Gasteiger partial charge in [-0.3, -0.25) is 9.59 Å². The number of carbonyl (C=O) groups is 2. The highest BCUT2D eigenvalue weighted by atomic mass is 35.5. The molecule has 0 unspecified atom stereocenters. The summed E-state index contributed by atoms with van der Waals surface area (Å²) in [6.45, 7) is 7.04. The molecule has 0 aliphatic rings. The van der Waals surface area contributed by atoms with Crippen molar-refractivity contribution in [2.45, 2.75) is 32.2 Å². The topological polar surface area (TPSA) is 63.1 Å². The number of anilines is 1. The number of carbonyl (C=O) groups excluding carboxylic acids is 2. The fourth-order valence-corrected chi connectivity index (χ4v) is 5.09. The van der Waals surface area contributed by atoms with Gasteiger partial charge in [0, 0.05) is 51.4 Å². The lowest BCUT2D eigenvalue weighted by Crippen LogP contribution is -2.27. The highest BCUT2D eigenvalue weighted by Gasteiger charge is 2.12. The average molecular weight is 506 g/mol. The normalized spacial score (nSPS) is 11.0. The summed E-state index contributed by atoms with van der Waals surface area (Å²) < 4.78 is 2.12. The lowest BCUT2D eigenvalue weighted by Gasteiger charge is -2.09. The van der Waals surface area contributed by atoms with Gasteiger partial charge in [0.15, 0.2) is 0 Å². The predicted molar refractivity (Wildman–Crippen MR) is 146 cm³/mol. The minimum absolute atomic E-state index is 0.0734. The van der Waals surface area contributed by atoms with Crippen molar-refractivity contribution in [3.8, 4) is 0 Å². The highest BCUT2D eigenvalue weighted by molar-refractivity contribution is 8.00. The van der Waals surface area contributed by atoms with E-state index in [1.165, 1.54) is 11.8 Å². The van der Waals surface area contributed by atoms with Crippen LogP contribution < -0.4 is 10.6 Å². The van der Waals surface area contributed by atoms with Crippen LogP contribution in [0.25, 0.3) is 10.9 Å². The third-order valence-corrected chi connectivity index (χ3v) is 7.14. The van der Waals surface area contributed by atoms with E-state index >= 15 is 0 Å². The molecule has 0 radical (unpaired) electrons. The zero-order chi connectivity index (χ0) is 24.9. The first-order valence-electron chi connectivity index (χ1n) is 11.4. The van der Waals surface area contributed by atoms with Crippen LogP contribution in [0.5, 0.6) is 0 Å². The van der Waals surface area contributed by atoms with Crippen molar-refractivity contribution in [2.75, 3.05) is 17.6 Å². The van der Waals surface area contributed by atoms with Crippen molar-refractivity contribution in [1.82, 2.24) is 9.88 Å². The second kappa shape index (κ2) is 11.0. The van der Waals surface area contributed by atoms with Gasteiger partial charge in [-0.2, -0.15) is 0 Å². The van der Waals surface area contributed by atoms with Gasteiger partial charge >= 0.3 is 0 Å². The summed E-state index contributed by atoms with van der Waals surface area (Å²) in [5, 5.41) is 7.64. The van der Waals surface area contributed by atoms with E-state index in [9.17, 15) is 9.59 Å². The average Bonchev–Trinajstić information content (AvgIpc) is 3.17. The Bertz CT molecular complexity index is 1380. The third-order valence-electron chi connectivity index (χ3n) is 5.69. The molecule has 4 aromatic rings. The summed E-state index contributed by atoms with van der Waals surface area (Å²) in [5.74, 6) is 0.117. The summed E-state index contributed by atoms with van der Waals surface area (Å²) in [5.41, 5.74) is 5.55. The Morgan fingerprint density at radius 3 is 2.46 bits per heavy atom. The van der Waals surface area contributed by atoms with Crippen LogP contribution in [0.4, 0.5) is 5.69 Å². The van der Waals surface area contributed by atoms with Gasteiger partial charge < -0.3 is 15.2 Å². The van der Waals surface area contributed by atoms with Gasteiger partial charge in [-0.25, -0.2) is 0 Å². The Balaban J connectivity index is 1.39. The number of benzene rings is 3. The molecule has 0 saturated carbocycles. The summed E-state index contributed by atoms with van der Waals surface area (Å²) in [6.07, 6.45) is 2.05. The van der Waals surface area contributed by atoms with Gasteiger partial charge in [0.2, 0.25) is 5.91 Å². The Hall–Kier alpha value is -3.22. The number of amides is 2. The van der Waals surface area contributed by atoms with Crippen LogP contribution in [0.2, 0.25) is 5.02 Å². The van der Waals surface area contributed by atoms with Gasteiger partial charge in [0.25, 0.3) is 5.91 Å². The van der Waals surface area contributed by atoms with Gasteiger partial charge in [0.05, 0.1) is 5.75 Å². The predicted octanol–water partition coefficient (Wildman–Crippen LogP) is 6.38. The van der Waals surface area contributed by atoms with E-state index in [2.05, 4.69) is 33.4 Å². The molecule has 35 heavy (non-hydrogen) atoms. The molecule has 0 atom stereocenters. The second-order valence-electron chi connectivity index (χ2n) is 8.64. The van der Waals surface area contributed by atoms with Crippen molar-refractivity contribution in [1.29, 1.82) is 0 Å². The summed E-state index contributed by atoms with van der Waals surface area (Å²) in [4.78, 5) is 26.1. The van der Waals surface area contributed by atoms with Crippen molar-refractivity contribution in [3.05, 3.63) is 94.1 Å². The number of halogens is 1. The molecule has 2 N–H and O–H groups in total. The number of rotatable bonds is 8. The fourth-order valence-electron chi connectivity index (χ4n) is 4.02. The van der Waals surface area contributed by atoms with E-state index in [1.807, 2.05) is 63.4 Å². The maximum absolute atomic E-state index is 12.6. The van der Waals surface area contributed by atoms with Crippen LogP contribution in [0.3, 0.4) is 0 Å². The summed E-state index contributed by atoms with van der Waals surface area (Å²) in [7, 11) is 0. The Labute approximate surface area is 214 Å². The minimum atomic E-state index is -0.0903. The van der Waals surface area contributed by atoms with Crippen LogP contribution >= 0.6 is 23.4 Å². The molecule has 0 fully saturated rings. The van der Waals surface area contributed by atoms with Gasteiger partial charge in [-0.15, -0.1) is 11.8 Å². The van der Waals surface area contributed by atoms with Crippen LogP contribution in [-0.2, 0) is 11.3 Å². The van der Waals surface area contributed by atoms with Crippen LogP contribution in [-0.4, -0.2) is 28.7 Å². The van der Waals surface area contributed by atoms with E-state index in [-0.39, 0.29) is 17.6 Å². The highest BCUT2D eigenvalue weighted by Crippen LogP contribution is 2.30. The second-order valence-corrected chi connectivity index (χ2v) is 10.1. The number of hydrogen-bond acceptors (Lipinski definition) is 3. The van der Waals surface area contributed by atoms with Crippen molar-refractivity contribution >= 4 is 51.8 Å². The van der Waals surface area contributed by atoms with Crippen LogP contribution in [0.15, 0.2) is 71.8 Å². The molecule has 3 aromatic carbocycles. The molecular weight excluding hydrogens is 478 g/mol. The zero-order valence-electron chi connectivity index (χ0n) is 20.0. The number of thioether (sulfide) groups is 1. The third kappa shape index (κ3) is 6.27. The molecule has 2 amide bonds. The molecule has 0 saturated heterocycles. The lowest BCUT2D eigenvalue weighted by atomic mass is 10.1. The monoisotopic (exact) mass is 505 g/mol. The van der Waals surface area contributed by atoms with Crippen molar-refractivity contribution < 1.29 is 9.59 Å².